The molecule has 1 aromatic carbocycles. The van der Waals surface area contributed by atoms with Gasteiger partial charge >= 0.3 is 0 Å². The largest absolute Gasteiger partial charge is 0.496 e. The highest BCUT2D eigenvalue weighted by Crippen LogP contribution is 2.34. The Bertz CT molecular complexity index is 969. The molecule has 3 heterocycles. The lowest BCUT2D eigenvalue weighted by atomic mass is 10.1. The van der Waals surface area contributed by atoms with Gasteiger partial charge in [-0.15, -0.1) is 0 Å². The van der Waals surface area contributed by atoms with Crippen LogP contribution in [0.2, 0.25) is 5.02 Å². The first-order valence-corrected chi connectivity index (χ1v) is 8.07. The summed E-state index contributed by atoms with van der Waals surface area (Å²) in [5.74, 6) is 0.899. The Labute approximate surface area is 148 Å². The molecule has 4 rings (SSSR count). The highest BCUT2D eigenvalue weighted by molar-refractivity contribution is 6.33. The lowest BCUT2D eigenvalue weighted by molar-refractivity contribution is 0.0924. The van der Waals surface area contributed by atoms with Crippen molar-refractivity contribution in [1.29, 1.82) is 0 Å². The van der Waals surface area contributed by atoms with Crippen molar-refractivity contribution in [2.24, 2.45) is 0 Å². The number of fused-ring (bicyclic) bond motifs is 1. The van der Waals surface area contributed by atoms with E-state index in [1.54, 1.807) is 48.3 Å². The van der Waals surface area contributed by atoms with Crippen LogP contribution in [-0.2, 0) is 6.54 Å². The monoisotopic (exact) mass is 355 g/mol. The molecule has 8 heteroatoms. The molecule has 2 aromatic heterocycles. The molecule has 0 unspecified atom stereocenters. The topological polar surface area (TPSA) is 81.9 Å². The highest BCUT2D eigenvalue weighted by Gasteiger charge is 2.21. The van der Waals surface area contributed by atoms with Crippen LogP contribution >= 0.6 is 11.6 Å². The molecular formula is C17H14ClN5O2. The van der Waals surface area contributed by atoms with Crippen molar-refractivity contribution < 1.29 is 9.53 Å². The number of carbonyl (C=O) groups excluding carboxylic acids is 1. The molecule has 0 atom stereocenters. The van der Waals surface area contributed by atoms with Crippen LogP contribution in [-0.4, -0.2) is 39.3 Å². The summed E-state index contributed by atoms with van der Waals surface area (Å²) in [7, 11) is 1.57. The first-order chi connectivity index (χ1) is 12.2. The van der Waals surface area contributed by atoms with E-state index in [2.05, 4.69) is 20.4 Å². The average molecular weight is 356 g/mol. The number of hydrogen-bond donors (Lipinski definition) is 1. The second-order valence-electron chi connectivity index (χ2n) is 5.48. The standard InChI is InChI=1S/C17H14ClN5O2/c1-25-14-4-2-3-10(18)15(14)16-19-6-5-11(21-16)12-9-13-17(24)20-7-8-23(13)22-12/h2-6,9H,7-8H2,1H3,(H,20,24). The Balaban J connectivity index is 1.80. The Hall–Kier alpha value is -2.93. The molecule has 1 aliphatic heterocycles. The third kappa shape index (κ3) is 2.72. The molecule has 0 saturated heterocycles. The van der Waals surface area contributed by atoms with E-state index in [1.807, 2.05) is 0 Å². The van der Waals surface area contributed by atoms with Crippen molar-refractivity contribution in [1.82, 2.24) is 25.1 Å². The molecule has 0 bridgehead atoms. The second kappa shape index (κ2) is 6.18. The maximum absolute atomic E-state index is 11.9. The van der Waals surface area contributed by atoms with Crippen molar-refractivity contribution >= 4 is 17.5 Å². The van der Waals surface area contributed by atoms with Crippen LogP contribution < -0.4 is 10.1 Å². The summed E-state index contributed by atoms with van der Waals surface area (Å²) in [4.78, 5) is 20.8. The molecule has 126 valence electrons. The number of methoxy groups -OCH3 is 1. The number of nitrogens with zero attached hydrogens (tertiary/aromatic N) is 4. The number of ether oxygens (including phenoxy) is 1. The van der Waals surface area contributed by atoms with Gasteiger partial charge in [-0.05, 0) is 24.3 Å². The van der Waals surface area contributed by atoms with Gasteiger partial charge in [0.2, 0.25) is 0 Å². The first-order valence-electron chi connectivity index (χ1n) is 7.69. The number of rotatable bonds is 3. The molecule has 25 heavy (non-hydrogen) atoms. The van der Waals surface area contributed by atoms with Gasteiger partial charge in [0.1, 0.15) is 17.1 Å². The van der Waals surface area contributed by atoms with Crippen LogP contribution in [0.5, 0.6) is 5.75 Å². The molecule has 0 saturated carbocycles. The van der Waals surface area contributed by atoms with E-state index in [4.69, 9.17) is 16.3 Å². The smallest absolute Gasteiger partial charge is 0.269 e. The Kier molecular flexibility index (Phi) is 3.85. The van der Waals surface area contributed by atoms with E-state index in [1.165, 1.54) is 0 Å². The van der Waals surface area contributed by atoms with Crippen LogP contribution in [0.4, 0.5) is 0 Å². The quantitative estimate of drug-likeness (QED) is 0.780. The fourth-order valence-corrected chi connectivity index (χ4v) is 3.02. The summed E-state index contributed by atoms with van der Waals surface area (Å²) in [6.45, 7) is 1.20. The SMILES string of the molecule is COc1cccc(Cl)c1-c1nccc(-c2cc3n(n2)CCNC3=O)n1. The maximum Gasteiger partial charge on any atom is 0.269 e. The summed E-state index contributed by atoms with van der Waals surface area (Å²) in [6, 6.07) is 8.84. The number of amides is 1. The zero-order valence-electron chi connectivity index (χ0n) is 13.4. The fourth-order valence-electron chi connectivity index (χ4n) is 2.77. The lowest BCUT2D eigenvalue weighted by Gasteiger charge is -2.13. The van der Waals surface area contributed by atoms with Crippen LogP contribution in [0.15, 0.2) is 36.5 Å². The fraction of sp³-hybridized carbons (Fsp3) is 0.176. The van der Waals surface area contributed by atoms with E-state index >= 15 is 0 Å². The molecule has 3 aromatic rings. The zero-order valence-corrected chi connectivity index (χ0v) is 14.1. The number of halogens is 1. The first kappa shape index (κ1) is 15.6. The third-order valence-corrected chi connectivity index (χ3v) is 4.27. The van der Waals surface area contributed by atoms with Gasteiger partial charge in [-0.25, -0.2) is 9.97 Å². The summed E-state index contributed by atoms with van der Waals surface area (Å²) < 4.78 is 7.06. The number of aromatic nitrogens is 4. The lowest BCUT2D eigenvalue weighted by Crippen LogP contribution is -2.35. The predicted molar refractivity (Wildman–Crippen MR) is 92.6 cm³/mol. The van der Waals surface area contributed by atoms with Gasteiger partial charge in [0.15, 0.2) is 5.82 Å². The third-order valence-electron chi connectivity index (χ3n) is 3.96. The van der Waals surface area contributed by atoms with Crippen LogP contribution in [0.1, 0.15) is 10.5 Å². The molecule has 7 nitrogen and oxygen atoms in total. The van der Waals surface area contributed by atoms with Gasteiger partial charge in [0, 0.05) is 12.7 Å². The molecule has 1 aliphatic rings. The van der Waals surface area contributed by atoms with Crippen LogP contribution in [0, 0.1) is 0 Å². The van der Waals surface area contributed by atoms with Crippen molar-refractivity contribution in [3.05, 3.63) is 47.2 Å². The van der Waals surface area contributed by atoms with Gasteiger partial charge in [-0.2, -0.15) is 5.10 Å². The van der Waals surface area contributed by atoms with E-state index in [0.717, 1.165) is 0 Å². The minimum atomic E-state index is -0.132. The normalized spacial score (nSPS) is 13.3. The summed E-state index contributed by atoms with van der Waals surface area (Å²) >= 11 is 6.31. The van der Waals surface area contributed by atoms with Crippen molar-refractivity contribution in [2.45, 2.75) is 6.54 Å². The molecule has 0 aliphatic carbocycles. The minimum Gasteiger partial charge on any atom is -0.496 e. The van der Waals surface area contributed by atoms with Crippen molar-refractivity contribution in [3.8, 4) is 28.5 Å². The second-order valence-corrected chi connectivity index (χ2v) is 5.88. The van der Waals surface area contributed by atoms with E-state index in [0.29, 0.717) is 52.3 Å². The van der Waals surface area contributed by atoms with Crippen LogP contribution in [0.25, 0.3) is 22.8 Å². The van der Waals surface area contributed by atoms with E-state index in [-0.39, 0.29) is 5.91 Å². The number of benzene rings is 1. The molecule has 1 N–H and O–H groups in total. The Morgan fingerprint density at radius 1 is 1.28 bits per heavy atom. The van der Waals surface area contributed by atoms with Crippen LogP contribution in [0.3, 0.4) is 0 Å². The summed E-state index contributed by atoms with van der Waals surface area (Å²) in [6.07, 6.45) is 1.64. The van der Waals surface area contributed by atoms with Gasteiger partial charge < -0.3 is 10.1 Å². The summed E-state index contributed by atoms with van der Waals surface area (Å²) in [5.41, 5.74) is 2.37. The van der Waals surface area contributed by atoms with Crippen molar-refractivity contribution in [2.75, 3.05) is 13.7 Å². The van der Waals surface area contributed by atoms with Gasteiger partial charge in [0.05, 0.1) is 29.9 Å². The van der Waals surface area contributed by atoms with Gasteiger partial charge in [-0.1, -0.05) is 17.7 Å². The molecule has 0 spiro atoms. The number of hydrogen-bond acceptors (Lipinski definition) is 5. The zero-order chi connectivity index (χ0) is 17.4. The van der Waals surface area contributed by atoms with E-state index < -0.39 is 0 Å². The maximum atomic E-state index is 11.9. The molecular weight excluding hydrogens is 342 g/mol. The number of nitrogens with one attached hydrogen (secondary N) is 1. The highest BCUT2D eigenvalue weighted by atomic mass is 35.5. The average Bonchev–Trinajstić information content (AvgIpc) is 3.07. The number of carbonyl (C=O) groups is 1. The Morgan fingerprint density at radius 2 is 2.16 bits per heavy atom. The van der Waals surface area contributed by atoms with E-state index in [9.17, 15) is 4.79 Å². The summed E-state index contributed by atoms with van der Waals surface area (Å²) in [5, 5.41) is 7.77. The molecule has 0 radical (unpaired) electrons. The Morgan fingerprint density at radius 3 is 2.96 bits per heavy atom. The van der Waals surface area contributed by atoms with Gasteiger partial charge in [-0.3, -0.25) is 9.48 Å². The minimum absolute atomic E-state index is 0.132. The molecule has 1 amide bonds. The predicted octanol–water partition coefficient (Wildman–Crippen LogP) is 2.41. The van der Waals surface area contributed by atoms with Gasteiger partial charge in [0.25, 0.3) is 5.91 Å². The molecule has 0 fully saturated rings. The van der Waals surface area contributed by atoms with Crippen molar-refractivity contribution in [3.63, 3.8) is 0 Å².